The Morgan fingerprint density at radius 2 is 1.80 bits per heavy atom. The molecule has 8 heteroatoms. The Kier molecular flexibility index (Phi) is 10.5. The van der Waals surface area contributed by atoms with Crippen molar-refractivity contribution < 1.29 is 19.1 Å². The maximum atomic E-state index is 12.8. The highest BCUT2D eigenvalue weighted by Crippen LogP contribution is 2.32. The number of hydrogen-bond donors (Lipinski definition) is 1. The third-order valence-electron chi connectivity index (χ3n) is 7.03. The van der Waals surface area contributed by atoms with E-state index in [0.717, 1.165) is 32.3 Å². The van der Waals surface area contributed by atoms with Crippen LogP contribution in [0, 0.1) is 0 Å². The Morgan fingerprint density at radius 3 is 2.34 bits per heavy atom. The van der Waals surface area contributed by atoms with Gasteiger partial charge in [0.1, 0.15) is 7.28 Å². The second kappa shape index (κ2) is 12.4. The van der Waals surface area contributed by atoms with Gasteiger partial charge in [0.15, 0.2) is 0 Å². The molecule has 3 atom stereocenters. The summed E-state index contributed by atoms with van der Waals surface area (Å²) >= 11 is 1.41. The highest BCUT2D eigenvalue weighted by atomic mass is 32.2. The number of carbonyl (C=O) groups excluding carboxylic acids is 3. The molecular weight excluding hydrogens is 459 g/mol. The van der Waals surface area contributed by atoms with Crippen molar-refractivity contribution in [2.24, 2.45) is 0 Å². The minimum Gasteiger partial charge on any atom is -0.379 e. The third-order valence-corrected chi connectivity index (χ3v) is 7.97. The predicted octanol–water partition coefficient (Wildman–Crippen LogP) is 4.72. The van der Waals surface area contributed by atoms with Crippen LogP contribution in [-0.2, 0) is 24.5 Å². The molecule has 0 spiro atoms. The molecular formula is C27H43BN2O4S. The third kappa shape index (κ3) is 8.38. The van der Waals surface area contributed by atoms with Crippen molar-refractivity contribution in [3.63, 3.8) is 0 Å². The zero-order valence-corrected chi connectivity index (χ0v) is 23.6. The second-order valence-corrected chi connectivity index (χ2v) is 12.3. The van der Waals surface area contributed by atoms with Crippen molar-refractivity contribution >= 4 is 42.5 Å². The van der Waals surface area contributed by atoms with Gasteiger partial charge in [-0.15, -0.1) is 0 Å². The number of rotatable bonds is 13. The Hall–Kier alpha value is -1.80. The van der Waals surface area contributed by atoms with Gasteiger partial charge in [0.05, 0.1) is 17.0 Å². The monoisotopic (exact) mass is 502 g/mol. The Morgan fingerprint density at radius 1 is 1.17 bits per heavy atom. The van der Waals surface area contributed by atoms with Crippen molar-refractivity contribution in [2.75, 3.05) is 17.8 Å². The Labute approximate surface area is 216 Å². The fourth-order valence-corrected chi connectivity index (χ4v) is 4.68. The van der Waals surface area contributed by atoms with Crippen molar-refractivity contribution in [1.29, 1.82) is 0 Å². The van der Waals surface area contributed by atoms with Gasteiger partial charge in [-0.2, -0.15) is 11.8 Å². The highest BCUT2D eigenvalue weighted by Gasteiger charge is 2.39. The summed E-state index contributed by atoms with van der Waals surface area (Å²) in [5.41, 5.74) is 1.20. The minimum absolute atomic E-state index is 0.0139. The summed E-state index contributed by atoms with van der Waals surface area (Å²) in [6.07, 6.45) is 4.37. The lowest BCUT2D eigenvalue weighted by atomic mass is 9.56. The van der Waals surface area contributed by atoms with E-state index in [2.05, 4.69) is 32.9 Å². The molecule has 6 nitrogen and oxygen atoms in total. The number of ether oxygens (including phenoxy) is 1. The maximum Gasteiger partial charge on any atom is 0.247 e. The molecule has 0 bridgehead atoms. The lowest BCUT2D eigenvalue weighted by Gasteiger charge is -2.27. The summed E-state index contributed by atoms with van der Waals surface area (Å²) < 4.78 is 6.00. The van der Waals surface area contributed by atoms with Gasteiger partial charge in [-0.1, -0.05) is 46.7 Å². The fourth-order valence-electron chi connectivity index (χ4n) is 4.06. The molecule has 2 rings (SSSR count). The number of imide groups is 1. The first-order valence-electron chi connectivity index (χ1n) is 12.7. The number of nitrogens with one attached hydrogen (secondary N) is 1. The first kappa shape index (κ1) is 29.4. The normalized spacial score (nSPS) is 18.5. The Balaban J connectivity index is 1.87. The second-order valence-electron chi connectivity index (χ2n) is 11.3. The molecule has 3 unspecified atom stereocenters. The smallest absolute Gasteiger partial charge is 0.247 e. The number of benzene rings is 1. The molecule has 0 saturated carbocycles. The maximum absolute atomic E-state index is 12.8. The van der Waals surface area contributed by atoms with E-state index in [0.29, 0.717) is 12.1 Å². The van der Waals surface area contributed by atoms with Crippen LogP contribution in [0.1, 0.15) is 72.8 Å². The van der Waals surface area contributed by atoms with E-state index in [1.807, 2.05) is 39.2 Å². The van der Waals surface area contributed by atoms with Crippen LogP contribution in [0.5, 0.6) is 0 Å². The van der Waals surface area contributed by atoms with Gasteiger partial charge >= 0.3 is 0 Å². The van der Waals surface area contributed by atoms with E-state index in [1.165, 1.54) is 16.7 Å². The molecule has 1 aromatic carbocycles. The highest BCUT2D eigenvalue weighted by molar-refractivity contribution is 8.00. The molecule has 1 fully saturated rings. The van der Waals surface area contributed by atoms with Crippen LogP contribution < -0.4 is 10.2 Å². The summed E-state index contributed by atoms with van der Waals surface area (Å²) in [6, 6.07) is 7.50. The summed E-state index contributed by atoms with van der Waals surface area (Å²) in [6.45, 7) is 15.6. The molecule has 1 aromatic rings. The zero-order chi connectivity index (χ0) is 26.4. The topological polar surface area (TPSA) is 75.7 Å². The lowest BCUT2D eigenvalue weighted by molar-refractivity contribution is -0.123. The molecule has 1 aliphatic heterocycles. The SMILES string of the molecule is CBC(C)(C)COC(C)CCC(C)NC(=O)CC(C)(C)c1ccc(N2C(=O)CC(SC)C2=O)cc1. The molecule has 3 amide bonds. The minimum atomic E-state index is -0.384. The van der Waals surface area contributed by atoms with Crippen molar-refractivity contribution in [1.82, 2.24) is 5.32 Å². The molecule has 0 radical (unpaired) electrons. The zero-order valence-electron chi connectivity index (χ0n) is 22.8. The molecule has 1 heterocycles. The van der Waals surface area contributed by atoms with E-state index < -0.39 is 0 Å². The first-order chi connectivity index (χ1) is 16.3. The van der Waals surface area contributed by atoms with Crippen molar-refractivity contribution in [2.45, 2.75) is 102 Å². The molecule has 194 valence electrons. The van der Waals surface area contributed by atoms with Crippen LogP contribution in [0.3, 0.4) is 0 Å². The number of nitrogens with zero attached hydrogens (tertiary/aromatic N) is 1. The van der Waals surface area contributed by atoms with E-state index in [-0.39, 0.29) is 52.3 Å². The molecule has 1 saturated heterocycles. The van der Waals surface area contributed by atoms with Crippen LogP contribution in [0.25, 0.3) is 0 Å². The number of thioether (sulfide) groups is 1. The van der Waals surface area contributed by atoms with Crippen LogP contribution >= 0.6 is 11.8 Å². The van der Waals surface area contributed by atoms with Crippen LogP contribution in [0.4, 0.5) is 5.69 Å². The van der Waals surface area contributed by atoms with E-state index >= 15 is 0 Å². The van der Waals surface area contributed by atoms with Crippen LogP contribution in [0.15, 0.2) is 24.3 Å². The summed E-state index contributed by atoms with van der Waals surface area (Å²) in [7, 11) is 1.08. The molecule has 0 aliphatic carbocycles. The van der Waals surface area contributed by atoms with Crippen LogP contribution in [0.2, 0.25) is 12.1 Å². The van der Waals surface area contributed by atoms with Gasteiger partial charge in [0.2, 0.25) is 17.7 Å². The average Bonchev–Trinajstić information content (AvgIpc) is 3.09. The lowest BCUT2D eigenvalue weighted by Crippen LogP contribution is -2.37. The molecule has 0 aromatic heterocycles. The first-order valence-corrected chi connectivity index (χ1v) is 14.0. The Bertz CT molecular complexity index is 888. The number of hydrogen-bond acceptors (Lipinski definition) is 5. The number of carbonyl (C=O) groups is 3. The van der Waals surface area contributed by atoms with Gasteiger partial charge < -0.3 is 10.1 Å². The van der Waals surface area contributed by atoms with E-state index in [9.17, 15) is 14.4 Å². The summed E-state index contributed by atoms with van der Waals surface area (Å²) in [5.74, 6) is -0.305. The van der Waals surface area contributed by atoms with Crippen LogP contribution in [-0.4, -0.2) is 55.3 Å². The predicted molar refractivity (Wildman–Crippen MR) is 148 cm³/mol. The molecule has 1 aliphatic rings. The van der Waals surface area contributed by atoms with Crippen molar-refractivity contribution in [3.8, 4) is 0 Å². The fraction of sp³-hybridized carbons (Fsp3) is 0.667. The van der Waals surface area contributed by atoms with Gasteiger partial charge in [0, 0.05) is 25.5 Å². The average molecular weight is 503 g/mol. The standard InChI is InChI=1S/C27H43BN2O4S/c1-18(9-10-19(2)34-17-27(5,6)28-7)29-23(31)16-26(3,4)20-11-13-21(14-12-20)30-24(32)15-22(35-8)25(30)33/h11-14,18-19,22,28H,9-10,15-17H2,1-8H3,(H,29,31). The largest absolute Gasteiger partial charge is 0.379 e. The number of anilines is 1. The van der Waals surface area contributed by atoms with Gasteiger partial charge in [-0.25, -0.2) is 4.90 Å². The molecule has 1 N–H and O–H groups in total. The summed E-state index contributed by atoms with van der Waals surface area (Å²) in [5, 5.41) is 3.01. The van der Waals surface area contributed by atoms with E-state index in [1.54, 1.807) is 12.1 Å². The van der Waals surface area contributed by atoms with Crippen molar-refractivity contribution in [3.05, 3.63) is 29.8 Å². The quantitative estimate of drug-likeness (QED) is 0.312. The van der Waals surface area contributed by atoms with Gasteiger partial charge in [-0.3, -0.25) is 14.4 Å². The number of amides is 3. The van der Waals surface area contributed by atoms with Gasteiger partial charge in [-0.05, 0) is 61.4 Å². The summed E-state index contributed by atoms with van der Waals surface area (Å²) in [4.78, 5) is 38.8. The van der Waals surface area contributed by atoms with Gasteiger partial charge in [0.25, 0.3) is 0 Å². The van der Waals surface area contributed by atoms with E-state index in [4.69, 9.17) is 4.74 Å². The molecule has 35 heavy (non-hydrogen) atoms.